The lowest BCUT2D eigenvalue weighted by Gasteiger charge is -2.40. The Morgan fingerprint density at radius 1 is 1.27 bits per heavy atom. The Balaban J connectivity index is 1.39. The monoisotopic (exact) mass is 568 g/mol. The van der Waals surface area contributed by atoms with Crippen LogP contribution in [0, 0.1) is 5.82 Å². The van der Waals surface area contributed by atoms with Crippen molar-refractivity contribution < 1.29 is 23.5 Å². The molecule has 2 aromatic carbocycles. The van der Waals surface area contributed by atoms with Crippen molar-refractivity contribution in [2.24, 2.45) is 0 Å². The molecule has 2 N–H and O–H groups in total. The molecule has 2 saturated heterocycles. The molecule has 2 aliphatic rings. The van der Waals surface area contributed by atoms with Crippen LogP contribution in [0.2, 0.25) is 5.02 Å². The van der Waals surface area contributed by atoms with Crippen LogP contribution in [-0.2, 0) is 14.3 Å². The van der Waals surface area contributed by atoms with E-state index in [1.165, 1.54) is 24.5 Å². The molecule has 5 rings (SSSR count). The minimum absolute atomic E-state index is 0.0190. The van der Waals surface area contributed by atoms with Crippen molar-refractivity contribution in [1.82, 2.24) is 19.8 Å². The molecule has 12 heteroatoms. The first-order chi connectivity index (χ1) is 19.3. The van der Waals surface area contributed by atoms with Gasteiger partial charge in [-0.3, -0.25) is 19.4 Å². The lowest BCUT2D eigenvalue weighted by molar-refractivity contribution is -0.137. The van der Waals surface area contributed by atoms with Crippen LogP contribution in [-0.4, -0.2) is 76.7 Å². The van der Waals surface area contributed by atoms with Gasteiger partial charge in [-0.1, -0.05) is 25.1 Å². The highest BCUT2D eigenvalue weighted by Crippen LogP contribution is 2.35. The zero-order chi connectivity index (χ0) is 28.2. The van der Waals surface area contributed by atoms with Crippen LogP contribution in [0.25, 0.3) is 10.9 Å². The Morgan fingerprint density at radius 2 is 2.08 bits per heavy atom. The summed E-state index contributed by atoms with van der Waals surface area (Å²) >= 11 is 5.94. The number of nitrogens with zero attached hydrogens (tertiary/aromatic N) is 4. The van der Waals surface area contributed by atoms with Gasteiger partial charge in [0.2, 0.25) is 5.91 Å². The highest BCUT2D eigenvalue weighted by atomic mass is 35.5. The molecule has 3 aromatic rings. The number of anilines is 3. The minimum Gasteiger partial charge on any atom is -0.473 e. The predicted octanol–water partition coefficient (Wildman–Crippen LogP) is 4.34. The van der Waals surface area contributed by atoms with Crippen molar-refractivity contribution in [2.45, 2.75) is 32.0 Å². The molecule has 0 aliphatic carbocycles. The summed E-state index contributed by atoms with van der Waals surface area (Å²) in [5, 5.41) is 6.57. The molecule has 2 fully saturated rings. The van der Waals surface area contributed by atoms with Gasteiger partial charge in [0, 0.05) is 43.3 Å². The third-order valence-electron chi connectivity index (χ3n) is 7.09. The maximum atomic E-state index is 13.6. The third-order valence-corrected chi connectivity index (χ3v) is 7.38. The van der Waals surface area contributed by atoms with Gasteiger partial charge in [0.1, 0.15) is 30.3 Å². The summed E-state index contributed by atoms with van der Waals surface area (Å²) in [5.41, 5.74) is 1.57. The molecular weight excluding hydrogens is 539 g/mol. The Hall–Kier alpha value is -3.80. The molecule has 0 radical (unpaired) electrons. The highest BCUT2D eigenvalue weighted by molar-refractivity contribution is 6.31. The quantitative estimate of drug-likeness (QED) is 0.288. The van der Waals surface area contributed by atoms with Gasteiger partial charge < -0.3 is 20.1 Å². The normalized spacial score (nSPS) is 18.8. The molecule has 210 valence electrons. The number of esters is 1. The van der Waals surface area contributed by atoms with Gasteiger partial charge in [0.25, 0.3) is 0 Å². The molecule has 1 aromatic heterocycles. The Labute approximate surface area is 236 Å². The molecule has 3 heterocycles. The topological polar surface area (TPSA) is 109 Å². The van der Waals surface area contributed by atoms with E-state index in [2.05, 4.69) is 37.0 Å². The number of fused-ring (bicyclic) bond motifs is 1. The summed E-state index contributed by atoms with van der Waals surface area (Å²) in [4.78, 5) is 37.2. The molecule has 1 amide bonds. The smallest absolute Gasteiger partial charge is 0.307 e. The third kappa shape index (κ3) is 6.16. The molecule has 10 nitrogen and oxygen atoms in total. The number of rotatable bonds is 9. The van der Waals surface area contributed by atoms with Crippen LogP contribution in [0.15, 0.2) is 49.3 Å². The Morgan fingerprint density at radius 3 is 2.75 bits per heavy atom. The fourth-order valence-electron chi connectivity index (χ4n) is 4.96. The molecular formula is C28H30ClFN6O4. The van der Waals surface area contributed by atoms with Crippen LogP contribution in [0.5, 0.6) is 5.75 Å². The van der Waals surface area contributed by atoms with Crippen molar-refractivity contribution in [3.63, 3.8) is 0 Å². The first kappa shape index (κ1) is 27.8. The second-order valence-corrected chi connectivity index (χ2v) is 10.0. The highest BCUT2D eigenvalue weighted by Gasteiger charge is 2.33. The number of cyclic esters (lactones) is 1. The van der Waals surface area contributed by atoms with Gasteiger partial charge in [-0.2, -0.15) is 0 Å². The van der Waals surface area contributed by atoms with E-state index in [0.717, 1.165) is 26.2 Å². The molecule has 40 heavy (non-hydrogen) atoms. The zero-order valence-corrected chi connectivity index (χ0v) is 22.8. The largest absolute Gasteiger partial charge is 0.473 e. The van der Waals surface area contributed by atoms with E-state index in [4.69, 9.17) is 21.1 Å². The average Bonchev–Trinajstić information content (AvgIpc) is 3.40. The van der Waals surface area contributed by atoms with Crippen molar-refractivity contribution >= 4 is 51.6 Å². The maximum Gasteiger partial charge on any atom is 0.307 e. The molecule has 0 bridgehead atoms. The van der Waals surface area contributed by atoms with E-state index in [1.807, 2.05) is 6.92 Å². The van der Waals surface area contributed by atoms with E-state index in [1.54, 1.807) is 18.2 Å². The predicted molar refractivity (Wildman–Crippen MR) is 150 cm³/mol. The summed E-state index contributed by atoms with van der Waals surface area (Å²) in [5.74, 6) is -0.148. The second-order valence-electron chi connectivity index (χ2n) is 9.63. The standard InChI is InChI=1S/C28H30ClFN6O4/c1-3-25(37)34-23-13-19-22(31-16-32-28(19)33-17-5-6-21(30)20(29)11-17)14-24(23)40-26(4-2)36-9-7-35(8-10-36)18-12-27(38)39-15-18/h3,5-6,11,13-14,16,18,26H,1,4,7-10,12,15H2,2H3,(H,34,37)(H,31,32,33). The van der Waals surface area contributed by atoms with Gasteiger partial charge in [0.05, 0.1) is 28.7 Å². The van der Waals surface area contributed by atoms with Gasteiger partial charge in [-0.05, 0) is 36.8 Å². The lowest BCUT2D eigenvalue weighted by Crippen LogP contribution is -2.54. The molecule has 0 saturated carbocycles. The number of ether oxygens (including phenoxy) is 2. The number of nitrogens with one attached hydrogen (secondary N) is 2. The first-order valence-electron chi connectivity index (χ1n) is 13.1. The Bertz CT molecular complexity index is 1430. The van der Waals surface area contributed by atoms with E-state index < -0.39 is 11.7 Å². The van der Waals surface area contributed by atoms with E-state index in [0.29, 0.717) is 53.3 Å². The van der Waals surface area contributed by atoms with Crippen LogP contribution >= 0.6 is 11.6 Å². The number of benzene rings is 2. The molecule has 2 unspecified atom stereocenters. The van der Waals surface area contributed by atoms with Crippen molar-refractivity contribution in [3.8, 4) is 5.75 Å². The Kier molecular flexibility index (Phi) is 8.43. The van der Waals surface area contributed by atoms with Crippen molar-refractivity contribution in [3.05, 3.63) is 60.2 Å². The van der Waals surface area contributed by atoms with Crippen molar-refractivity contribution in [2.75, 3.05) is 43.4 Å². The van der Waals surface area contributed by atoms with Crippen LogP contribution in [0.3, 0.4) is 0 Å². The van der Waals surface area contributed by atoms with Crippen LogP contribution < -0.4 is 15.4 Å². The number of amides is 1. The lowest BCUT2D eigenvalue weighted by atomic mass is 10.1. The zero-order valence-electron chi connectivity index (χ0n) is 22.0. The van der Waals surface area contributed by atoms with E-state index in [9.17, 15) is 14.0 Å². The first-order valence-corrected chi connectivity index (χ1v) is 13.5. The molecule has 0 spiro atoms. The van der Waals surface area contributed by atoms with E-state index >= 15 is 0 Å². The number of carbonyl (C=O) groups is 2. The molecule has 2 atom stereocenters. The summed E-state index contributed by atoms with van der Waals surface area (Å²) < 4.78 is 25.3. The number of halogens is 2. The summed E-state index contributed by atoms with van der Waals surface area (Å²) in [6, 6.07) is 7.91. The van der Waals surface area contributed by atoms with Crippen LogP contribution in [0.4, 0.5) is 21.6 Å². The number of carbonyl (C=O) groups excluding carboxylic acids is 2. The summed E-state index contributed by atoms with van der Waals surface area (Å²) in [6.07, 6.45) is 3.49. The summed E-state index contributed by atoms with van der Waals surface area (Å²) in [6.45, 7) is 9.18. The van der Waals surface area contributed by atoms with Crippen molar-refractivity contribution in [1.29, 1.82) is 0 Å². The van der Waals surface area contributed by atoms with Crippen LogP contribution in [0.1, 0.15) is 19.8 Å². The number of aromatic nitrogens is 2. The fourth-order valence-corrected chi connectivity index (χ4v) is 5.14. The minimum atomic E-state index is -0.523. The summed E-state index contributed by atoms with van der Waals surface area (Å²) in [7, 11) is 0. The van der Waals surface area contributed by atoms with Gasteiger partial charge in [-0.15, -0.1) is 0 Å². The molecule has 2 aliphatic heterocycles. The SMILES string of the molecule is C=CC(=O)Nc1cc2c(Nc3ccc(F)c(Cl)c3)ncnc2cc1OC(CC)N1CCN(C2COC(=O)C2)CC1. The average molecular weight is 569 g/mol. The second kappa shape index (κ2) is 12.2. The maximum absolute atomic E-state index is 13.6. The van der Waals surface area contributed by atoms with Gasteiger partial charge in [0.15, 0.2) is 6.23 Å². The van der Waals surface area contributed by atoms with E-state index in [-0.39, 0.29) is 23.3 Å². The number of hydrogen-bond donors (Lipinski definition) is 2. The number of hydrogen-bond acceptors (Lipinski definition) is 9. The fraction of sp³-hybridized carbons (Fsp3) is 0.357. The van der Waals surface area contributed by atoms with Gasteiger partial charge >= 0.3 is 5.97 Å². The number of piperazine rings is 1. The van der Waals surface area contributed by atoms with Gasteiger partial charge in [-0.25, -0.2) is 14.4 Å².